The lowest BCUT2D eigenvalue weighted by molar-refractivity contribution is 0.665. The summed E-state index contributed by atoms with van der Waals surface area (Å²) in [6.45, 7) is 4.53. The Morgan fingerprint density at radius 2 is 1.00 bits per heavy atom. The van der Waals surface area contributed by atoms with Gasteiger partial charge in [0.2, 0.25) is 0 Å². The molecule has 1 heteroatoms. The van der Waals surface area contributed by atoms with E-state index in [1.807, 2.05) is 0 Å². The summed E-state index contributed by atoms with van der Waals surface area (Å²) in [7, 11) is 0. The van der Waals surface area contributed by atoms with Crippen LogP contribution < -0.4 is 0 Å². The molecule has 0 bridgehead atoms. The highest BCUT2D eigenvalue weighted by molar-refractivity contribution is 5.85. The first-order valence-electron chi connectivity index (χ1n) is 6.56. The number of halogens is 1. The topological polar surface area (TPSA) is 0 Å². The van der Waals surface area contributed by atoms with Gasteiger partial charge in [0.1, 0.15) is 0 Å². The van der Waals surface area contributed by atoms with E-state index < -0.39 is 0 Å². The first-order valence-corrected chi connectivity index (χ1v) is 6.56. The molecule has 15 heavy (non-hydrogen) atoms. The van der Waals surface area contributed by atoms with Crippen molar-refractivity contribution >= 4 is 12.4 Å². The fourth-order valence-electron chi connectivity index (χ4n) is 1.61. The van der Waals surface area contributed by atoms with E-state index in [4.69, 9.17) is 0 Å². The maximum Gasteiger partial charge on any atom is -0.0351 e. The minimum absolute atomic E-state index is 0. The van der Waals surface area contributed by atoms with E-state index in [1.54, 1.807) is 0 Å². The Hall–Kier alpha value is 0.0300. The van der Waals surface area contributed by atoms with Crippen molar-refractivity contribution in [1.82, 2.24) is 0 Å². The van der Waals surface area contributed by atoms with E-state index in [9.17, 15) is 0 Å². The van der Waals surface area contributed by atoms with E-state index in [1.165, 1.54) is 64.2 Å². The van der Waals surface area contributed by atoms with Crippen molar-refractivity contribution < 1.29 is 0 Å². The minimum atomic E-state index is 0. The highest BCUT2D eigenvalue weighted by Crippen LogP contribution is 2.05. The Morgan fingerprint density at radius 1 is 0.600 bits per heavy atom. The fraction of sp³-hybridized carbons (Fsp3) is 0.857. The van der Waals surface area contributed by atoms with E-state index in [2.05, 4.69) is 26.0 Å². The van der Waals surface area contributed by atoms with Gasteiger partial charge in [-0.3, -0.25) is 0 Å². The van der Waals surface area contributed by atoms with Gasteiger partial charge < -0.3 is 0 Å². The minimum Gasteiger partial charge on any atom is -0.147 e. The Bertz CT molecular complexity index is 105. The van der Waals surface area contributed by atoms with Crippen molar-refractivity contribution in [3.8, 4) is 0 Å². The van der Waals surface area contributed by atoms with Crippen LogP contribution in [0.25, 0.3) is 0 Å². The van der Waals surface area contributed by atoms with Gasteiger partial charge in [-0.1, -0.05) is 64.5 Å². The van der Waals surface area contributed by atoms with Crippen LogP contribution in [0.2, 0.25) is 0 Å². The third-order valence-corrected chi connectivity index (χ3v) is 2.62. The molecule has 0 atom stereocenters. The van der Waals surface area contributed by atoms with Gasteiger partial charge in [0, 0.05) is 0 Å². The molecule has 0 rings (SSSR count). The third kappa shape index (κ3) is 16.7. The number of hydrogen-bond acceptors (Lipinski definition) is 0. The quantitative estimate of drug-likeness (QED) is 0.325. The fourth-order valence-corrected chi connectivity index (χ4v) is 1.61. The molecule has 0 N–H and O–H groups in total. The molecule has 0 radical (unpaired) electrons. The molecule has 0 aliphatic carbocycles. The van der Waals surface area contributed by atoms with Crippen molar-refractivity contribution in [3.05, 3.63) is 12.2 Å². The molecular formula is C14H29Cl. The second-order valence-corrected chi connectivity index (χ2v) is 4.17. The molecule has 0 aromatic rings. The molecule has 0 aliphatic heterocycles. The van der Waals surface area contributed by atoms with Crippen molar-refractivity contribution in [2.24, 2.45) is 0 Å². The summed E-state index contributed by atoms with van der Waals surface area (Å²) in [5.74, 6) is 0. The van der Waals surface area contributed by atoms with Crippen LogP contribution in [0.4, 0.5) is 0 Å². The van der Waals surface area contributed by atoms with Crippen molar-refractivity contribution in [1.29, 1.82) is 0 Å². The predicted octanol–water partition coefficient (Wildman–Crippen LogP) is 5.91. The van der Waals surface area contributed by atoms with Crippen LogP contribution in [0, 0.1) is 0 Å². The molecule has 0 heterocycles. The van der Waals surface area contributed by atoms with Crippen LogP contribution in [0.3, 0.4) is 0 Å². The van der Waals surface area contributed by atoms with E-state index in [0.29, 0.717) is 0 Å². The summed E-state index contributed by atoms with van der Waals surface area (Å²) in [5, 5.41) is 0. The molecule has 0 aromatic heterocycles. The monoisotopic (exact) mass is 232 g/mol. The largest absolute Gasteiger partial charge is 0.147 e. The molecule has 0 spiro atoms. The van der Waals surface area contributed by atoms with Crippen LogP contribution >= 0.6 is 12.4 Å². The van der Waals surface area contributed by atoms with Gasteiger partial charge in [0.15, 0.2) is 0 Å². The number of hydrogen-bond donors (Lipinski definition) is 0. The zero-order valence-corrected chi connectivity index (χ0v) is 11.5. The standard InChI is InChI=1S/C14H28.ClH/c1-3-5-7-9-11-13-14-12-10-8-6-4-2;/h13-14H,3-12H2,1-2H3;1H. The average molecular weight is 233 g/mol. The molecule has 0 fully saturated rings. The first kappa shape index (κ1) is 17.4. The van der Waals surface area contributed by atoms with Gasteiger partial charge in [-0.15, -0.1) is 12.4 Å². The summed E-state index contributed by atoms with van der Waals surface area (Å²) in [5.41, 5.74) is 0. The Balaban J connectivity index is 0. The zero-order valence-electron chi connectivity index (χ0n) is 10.6. The Morgan fingerprint density at radius 3 is 1.33 bits per heavy atom. The summed E-state index contributed by atoms with van der Waals surface area (Å²) in [6, 6.07) is 0. The summed E-state index contributed by atoms with van der Waals surface area (Å²) < 4.78 is 0. The second-order valence-electron chi connectivity index (χ2n) is 4.17. The zero-order chi connectivity index (χ0) is 10.5. The van der Waals surface area contributed by atoms with E-state index in [-0.39, 0.29) is 12.4 Å². The first-order chi connectivity index (χ1) is 6.91. The van der Waals surface area contributed by atoms with Crippen LogP contribution in [-0.2, 0) is 0 Å². The van der Waals surface area contributed by atoms with Crippen LogP contribution in [0.15, 0.2) is 12.2 Å². The molecule has 0 saturated heterocycles. The molecule has 92 valence electrons. The normalized spacial score (nSPS) is 10.5. The van der Waals surface area contributed by atoms with Crippen molar-refractivity contribution in [2.45, 2.75) is 78.1 Å². The Kier molecular flexibility index (Phi) is 19.1. The third-order valence-electron chi connectivity index (χ3n) is 2.62. The van der Waals surface area contributed by atoms with Crippen LogP contribution in [0.1, 0.15) is 78.1 Å². The SMILES string of the molecule is CCCCCCC=CCCCCCC.Cl. The van der Waals surface area contributed by atoms with Crippen LogP contribution in [0.5, 0.6) is 0 Å². The number of allylic oxidation sites excluding steroid dienone is 2. The summed E-state index contributed by atoms with van der Waals surface area (Å²) >= 11 is 0. The van der Waals surface area contributed by atoms with Crippen molar-refractivity contribution in [2.75, 3.05) is 0 Å². The second kappa shape index (κ2) is 16.5. The molecular weight excluding hydrogens is 204 g/mol. The molecule has 0 nitrogen and oxygen atoms in total. The highest BCUT2D eigenvalue weighted by atomic mass is 35.5. The lowest BCUT2D eigenvalue weighted by atomic mass is 10.1. The van der Waals surface area contributed by atoms with Gasteiger partial charge in [0.05, 0.1) is 0 Å². The predicted molar refractivity (Wildman–Crippen MR) is 73.9 cm³/mol. The number of unbranched alkanes of at least 4 members (excludes halogenated alkanes) is 8. The lowest BCUT2D eigenvalue weighted by Crippen LogP contribution is -1.75. The molecule has 0 saturated carbocycles. The van der Waals surface area contributed by atoms with Gasteiger partial charge in [0.25, 0.3) is 0 Å². The highest BCUT2D eigenvalue weighted by Gasteiger charge is 1.86. The van der Waals surface area contributed by atoms with Gasteiger partial charge in [-0.25, -0.2) is 0 Å². The average Bonchev–Trinajstić information content (AvgIpc) is 2.21. The van der Waals surface area contributed by atoms with Crippen molar-refractivity contribution in [3.63, 3.8) is 0 Å². The molecule has 0 aliphatic rings. The summed E-state index contributed by atoms with van der Waals surface area (Å²) in [4.78, 5) is 0. The lowest BCUT2D eigenvalue weighted by Gasteiger charge is -1.95. The summed E-state index contributed by atoms with van der Waals surface area (Å²) in [6.07, 6.45) is 18.5. The smallest absolute Gasteiger partial charge is 0.0351 e. The van der Waals surface area contributed by atoms with Gasteiger partial charge in [-0.2, -0.15) is 0 Å². The Labute approximate surface area is 103 Å². The van der Waals surface area contributed by atoms with E-state index in [0.717, 1.165) is 0 Å². The maximum absolute atomic E-state index is 2.38. The van der Waals surface area contributed by atoms with Gasteiger partial charge in [-0.05, 0) is 25.7 Å². The number of rotatable bonds is 10. The molecule has 0 unspecified atom stereocenters. The molecule has 0 aromatic carbocycles. The molecule has 0 amide bonds. The van der Waals surface area contributed by atoms with Crippen LogP contribution in [-0.4, -0.2) is 0 Å². The van der Waals surface area contributed by atoms with E-state index >= 15 is 0 Å². The van der Waals surface area contributed by atoms with Gasteiger partial charge >= 0.3 is 0 Å². The maximum atomic E-state index is 2.38.